The van der Waals surface area contributed by atoms with Gasteiger partial charge in [-0.15, -0.1) is 0 Å². The zero-order chi connectivity index (χ0) is 12.0. The van der Waals surface area contributed by atoms with Crippen LogP contribution in [0, 0.1) is 5.41 Å². The molecule has 1 rings (SSSR count). The maximum absolute atomic E-state index is 12.0. The molecule has 1 fully saturated rings. The van der Waals surface area contributed by atoms with Gasteiger partial charge in [-0.25, -0.2) is 0 Å². The molecule has 1 aliphatic rings. The van der Waals surface area contributed by atoms with E-state index in [9.17, 15) is 4.79 Å². The van der Waals surface area contributed by atoms with Crippen LogP contribution in [-0.4, -0.2) is 55.1 Å². The van der Waals surface area contributed by atoms with Crippen molar-refractivity contribution < 1.29 is 19.7 Å². The first-order valence-electron chi connectivity index (χ1n) is 5.49. The van der Waals surface area contributed by atoms with E-state index >= 15 is 0 Å². The molecule has 0 aromatic carbocycles. The van der Waals surface area contributed by atoms with Gasteiger partial charge in [-0.3, -0.25) is 4.79 Å². The lowest BCUT2D eigenvalue weighted by Gasteiger charge is -2.35. The lowest BCUT2D eigenvalue weighted by molar-refractivity contribution is -0.137. The molecule has 6 nitrogen and oxygen atoms in total. The van der Waals surface area contributed by atoms with Gasteiger partial charge in [-0.1, -0.05) is 0 Å². The molecule has 0 spiro atoms. The Bertz CT molecular complexity index is 225. The Balaban J connectivity index is 2.61. The maximum atomic E-state index is 12.0. The third-order valence-electron chi connectivity index (χ3n) is 3.10. The highest BCUT2D eigenvalue weighted by Gasteiger charge is 2.39. The zero-order valence-electron chi connectivity index (χ0n) is 9.32. The van der Waals surface area contributed by atoms with Crippen molar-refractivity contribution in [3.63, 3.8) is 0 Å². The van der Waals surface area contributed by atoms with Crippen LogP contribution in [0.3, 0.4) is 0 Å². The first kappa shape index (κ1) is 13.4. The van der Waals surface area contributed by atoms with Gasteiger partial charge in [0.2, 0.25) is 5.91 Å². The molecule has 5 N–H and O–H groups in total. The minimum atomic E-state index is -0.612. The number of nitrogens with two attached hydrogens (primary N) is 1. The molecule has 0 unspecified atom stereocenters. The number of hydrogen-bond donors (Lipinski definition) is 4. The van der Waals surface area contributed by atoms with Gasteiger partial charge in [0.1, 0.15) is 0 Å². The van der Waals surface area contributed by atoms with Gasteiger partial charge in [-0.05, 0) is 12.8 Å². The molecule has 0 saturated carbocycles. The van der Waals surface area contributed by atoms with Crippen LogP contribution in [0.4, 0.5) is 0 Å². The summed E-state index contributed by atoms with van der Waals surface area (Å²) in [6, 6.07) is -0.612. The average molecular weight is 232 g/mol. The fraction of sp³-hybridized carbons (Fsp3) is 0.900. The Morgan fingerprint density at radius 3 is 2.38 bits per heavy atom. The standard InChI is InChI=1S/C10H20N2O4/c11-7-10(1-3-16-4-2-10)9(15)12-8(5-13)6-14/h8,13-14H,1-7,11H2,(H,12,15). The van der Waals surface area contributed by atoms with Crippen LogP contribution in [0.15, 0.2) is 0 Å². The van der Waals surface area contributed by atoms with Crippen molar-refractivity contribution in [3.05, 3.63) is 0 Å². The van der Waals surface area contributed by atoms with Gasteiger partial charge in [0, 0.05) is 19.8 Å². The van der Waals surface area contributed by atoms with Crippen molar-refractivity contribution >= 4 is 5.91 Å². The Hall–Kier alpha value is -0.690. The van der Waals surface area contributed by atoms with E-state index in [2.05, 4.69) is 5.32 Å². The number of aliphatic hydroxyl groups is 2. The molecule has 6 heteroatoms. The number of amides is 1. The predicted octanol–water partition coefficient (Wildman–Crippen LogP) is -1.79. The van der Waals surface area contributed by atoms with E-state index in [1.165, 1.54) is 0 Å². The van der Waals surface area contributed by atoms with E-state index in [1.807, 2.05) is 0 Å². The summed E-state index contributed by atoms with van der Waals surface area (Å²) < 4.78 is 5.20. The molecule has 0 aromatic rings. The molecule has 0 bridgehead atoms. The Morgan fingerprint density at radius 1 is 1.38 bits per heavy atom. The molecule has 1 saturated heterocycles. The lowest BCUT2D eigenvalue weighted by atomic mass is 9.79. The summed E-state index contributed by atoms with van der Waals surface area (Å²) in [5, 5.41) is 20.4. The van der Waals surface area contributed by atoms with E-state index < -0.39 is 11.5 Å². The fourth-order valence-corrected chi connectivity index (χ4v) is 1.77. The number of ether oxygens (including phenoxy) is 1. The molecule has 0 aromatic heterocycles. The monoisotopic (exact) mass is 232 g/mol. The molecule has 16 heavy (non-hydrogen) atoms. The largest absolute Gasteiger partial charge is 0.394 e. The first-order valence-corrected chi connectivity index (χ1v) is 5.49. The summed E-state index contributed by atoms with van der Waals surface area (Å²) in [5.74, 6) is -0.202. The minimum Gasteiger partial charge on any atom is -0.394 e. The third-order valence-corrected chi connectivity index (χ3v) is 3.10. The third kappa shape index (κ3) is 2.91. The average Bonchev–Trinajstić information content (AvgIpc) is 2.36. The second-order valence-electron chi connectivity index (χ2n) is 4.13. The lowest BCUT2D eigenvalue weighted by Crippen LogP contribution is -2.53. The summed E-state index contributed by atoms with van der Waals surface area (Å²) in [6.07, 6.45) is 1.16. The normalized spacial score (nSPS) is 19.8. The van der Waals surface area contributed by atoms with Gasteiger partial charge in [0.25, 0.3) is 0 Å². The quantitative estimate of drug-likeness (QED) is 0.448. The summed E-state index contributed by atoms with van der Waals surface area (Å²) >= 11 is 0. The number of carbonyl (C=O) groups is 1. The zero-order valence-corrected chi connectivity index (χ0v) is 9.32. The second kappa shape index (κ2) is 6.15. The molecular formula is C10H20N2O4. The Labute approximate surface area is 94.8 Å². The molecule has 94 valence electrons. The van der Waals surface area contributed by atoms with E-state index in [0.717, 1.165) is 0 Å². The molecule has 1 heterocycles. The Kier molecular flexibility index (Phi) is 5.14. The number of nitrogens with one attached hydrogen (secondary N) is 1. The van der Waals surface area contributed by atoms with Gasteiger partial charge < -0.3 is 26.0 Å². The van der Waals surface area contributed by atoms with Gasteiger partial charge in [0.05, 0.1) is 24.7 Å². The van der Waals surface area contributed by atoms with Crippen molar-refractivity contribution in [2.75, 3.05) is 33.0 Å². The first-order chi connectivity index (χ1) is 7.68. The SMILES string of the molecule is NCC1(C(=O)NC(CO)CO)CCOCC1. The van der Waals surface area contributed by atoms with Crippen LogP contribution in [0.1, 0.15) is 12.8 Å². The number of hydrogen-bond acceptors (Lipinski definition) is 5. The van der Waals surface area contributed by atoms with Crippen LogP contribution in [0.25, 0.3) is 0 Å². The van der Waals surface area contributed by atoms with Gasteiger partial charge >= 0.3 is 0 Å². The topological polar surface area (TPSA) is 105 Å². The highest BCUT2D eigenvalue weighted by atomic mass is 16.5. The van der Waals surface area contributed by atoms with Crippen molar-refractivity contribution in [1.29, 1.82) is 0 Å². The van der Waals surface area contributed by atoms with Gasteiger partial charge in [-0.2, -0.15) is 0 Å². The van der Waals surface area contributed by atoms with Crippen molar-refractivity contribution in [2.24, 2.45) is 11.1 Å². The maximum Gasteiger partial charge on any atom is 0.228 e. The summed E-state index contributed by atoms with van der Waals surface area (Å²) in [4.78, 5) is 12.0. The van der Waals surface area contributed by atoms with E-state index in [4.69, 9.17) is 20.7 Å². The molecule has 0 aliphatic carbocycles. The van der Waals surface area contributed by atoms with Crippen LogP contribution < -0.4 is 11.1 Å². The smallest absolute Gasteiger partial charge is 0.228 e. The highest BCUT2D eigenvalue weighted by Crippen LogP contribution is 2.29. The predicted molar refractivity (Wildman–Crippen MR) is 57.6 cm³/mol. The van der Waals surface area contributed by atoms with Crippen molar-refractivity contribution in [2.45, 2.75) is 18.9 Å². The van der Waals surface area contributed by atoms with Crippen molar-refractivity contribution in [3.8, 4) is 0 Å². The summed E-state index contributed by atoms with van der Waals surface area (Å²) in [6.45, 7) is 0.742. The fourth-order valence-electron chi connectivity index (χ4n) is 1.77. The van der Waals surface area contributed by atoms with Crippen molar-refractivity contribution in [1.82, 2.24) is 5.32 Å². The molecule has 1 aliphatic heterocycles. The molecular weight excluding hydrogens is 212 g/mol. The van der Waals surface area contributed by atoms with Crippen LogP contribution in [-0.2, 0) is 9.53 Å². The number of rotatable bonds is 5. The van der Waals surface area contributed by atoms with Crippen LogP contribution in [0.2, 0.25) is 0 Å². The summed E-state index contributed by atoms with van der Waals surface area (Å²) in [5.41, 5.74) is 5.05. The van der Waals surface area contributed by atoms with E-state index in [-0.39, 0.29) is 25.7 Å². The second-order valence-corrected chi connectivity index (χ2v) is 4.13. The molecule has 0 atom stereocenters. The molecule has 1 amide bonds. The van der Waals surface area contributed by atoms with E-state index in [0.29, 0.717) is 26.1 Å². The highest BCUT2D eigenvalue weighted by molar-refractivity contribution is 5.83. The minimum absolute atomic E-state index is 0.202. The van der Waals surface area contributed by atoms with E-state index in [1.54, 1.807) is 0 Å². The number of carbonyl (C=O) groups excluding carboxylic acids is 1. The molecule has 0 radical (unpaired) electrons. The van der Waals surface area contributed by atoms with Crippen LogP contribution >= 0.6 is 0 Å². The summed E-state index contributed by atoms with van der Waals surface area (Å²) in [7, 11) is 0. The number of aliphatic hydroxyl groups excluding tert-OH is 2. The van der Waals surface area contributed by atoms with Crippen LogP contribution in [0.5, 0.6) is 0 Å². The van der Waals surface area contributed by atoms with Gasteiger partial charge in [0.15, 0.2) is 0 Å². The Morgan fingerprint density at radius 2 is 1.94 bits per heavy atom.